The Balaban J connectivity index is 3.60. The molecule has 0 aliphatic carbocycles. The number of rotatable bonds is 8. The summed E-state index contributed by atoms with van der Waals surface area (Å²) in [4.78, 5) is 0. The van der Waals surface area contributed by atoms with Crippen LogP contribution < -0.4 is 0 Å². The first-order chi connectivity index (χ1) is 7.95. The minimum absolute atomic E-state index is 0.231. The molecule has 0 rings (SSSR count). The number of hydrogen-bond donors (Lipinski definition) is 1. The van der Waals surface area contributed by atoms with E-state index in [1.54, 1.807) is 6.08 Å². The van der Waals surface area contributed by atoms with Gasteiger partial charge in [0.05, 0.1) is 0 Å². The van der Waals surface area contributed by atoms with E-state index >= 15 is 0 Å². The molecule has 1 unspecified atom stereocenters. The molecule has 0 aromatic heterocycles. The van der Waals surface area contributed by atoms with Crippen LogP contribution in [-0.4, -0.2) is 21.2 Å². The zero-order valence-corrected chi connectivity index (χ0v) is 13.2. The maximum atomic E-state index is 9.55. The fraction of sp³-hybridized carbons (Fsp3) is 0.714. The highest BCUT2D eigenvalue weighted by atomic mass is 28.2. The Morgan fingerprint density at radius 3 is 2.53 bits per heavy atom. The molecule has 3 heteroatoms. The van der Waals surface area contributed by atoms with Gasteiger partial charge in [-0.15, -0.1) is 0 Å². The Bertz CT molecular complexity index is 229. The van der Waals surface area contributed by atoms with Crippen LogP contribution in [0.25, 0.3) is 0 Å². The lowest BCUT2D eigenvalue weighted by Crippen LogP contribution is -2.19. The van der Waals surface area contributed by atoms with Crippen LogP contribution in [-0.2, 0) is 4.43 Å². The first kappa shape index (κ1) is 16.6. The Morgan fingerprint density at radius 2 is 1.94 bits per heavy atom. The normalized spacial score (nSPS) is 15.6. The van der Waals surface area contributed by atoms with Crippen molar-refractivity contribution in [2.75, 3.05) is 0 Å². The van der Waals surface area contributed by atoms with Gasteiger partial charge in [0.15, 0.2) is 16.1 Å². The highest BCUT2D eigenvalue weighted by Crippen LogP contribution is 2.20. The maximum absolute atomic E-state index is 9.55. The summed E-state index contributed by atoms with van der Waals surface area (Å²) in [6.07, 6.45) is 11.8. The maximum Gasteiger partial charge on any atom is 0.170 e. The van der Waals surface area contributed by atoms with Gasteiger partial charge in [0.2, 0.25) is 0 Å². The van der Waals surface area contributed by atoms with E-state index in [1.807, 2.05) is 6.08 Å². The van der Waals surface area contributed by atoms with E-state index in [2.05, 4.69) is 39.8 Å². The first-order valence-corrected chi connectivity index (χ1v) is 7.85. The van der Waals surface area contributed by atoms with Gasteiger partial charge in [0.1, 0.15) is 0 Å². The van der Waals surface area contributed by atoms with Crippen molar-refractivity contribution in [3.8, 4) is 0 Å². The number of aliphatic hydroxyl groups excluding tert-OH is 1. The van der Waals surface area contributed by atoms with E-state index in [9.17, 15) is 5.11 Å². The molecule has 0 heterocycles. The van der Waals surface area contributed by atoms with Crippen LogP contribution in [0.2, 0.25) is 5.04 Å². The fourth-order valence-corrected chi connectivity index (χ4v) is 1.98. The zero-order valence-electron chi connectivity index (χ0n) is 11.8. The summed E-state index contributed by atoms with van der Waals surface area (Å²) in [5, 5.41) is 9.79. The van der Waals surface area contributed by atoms with Gasteiger partial charge in [-0.1, -0.05) is 58.8 Å². The Morgan fingerprint density at radius 1 is 1.24 bits per heavy atom. The number of allylic oxidation sites excluding steroid dienone is 3. The van der Waals surface area contributed by atoms with Gasteiger partial charge in [0.25, 0.3) is 0 Å². The average molecular weight is 256 g/mol. The second-order valence-electron chi connectivity index (χ2n) is 5.54. The molecule has 0 aromatic carbocycles. The lowest BCUT2D eigenvalue weighted by Gasteiger charge is -2.18. The lowest BCUT2D eigenvalue weighted by atomic mass is 10.2. The van der Waals surface area contributed by atoms with Crippen molar-refractivity contribution in [1.82, 2.24) is 0 Å². The highest BCUT2D eigenvalue weighted by Gasteiger charge is 2.13. The van der Waals surface area contributed by atoms with Crippen molar-refractivity contribution < 1.29 is 9.53 Å². The quantitative estimate of drug-likeness (QED) is 0.312. The third kappa shape index (κ3) is 13.6. The number of unbranched alkanes of at least 4 members (excludes halogenated alkanes) is 2. The molecule has 0 radical (unpaired) electrons. The van der Waals surface area contributed by atoms with E-state index in [-0.39, 0.29) is 5.04 Å². The van der Waals surface area contributed by atoms with E-state index in [0.29, 0.717) is 0 Å². The van der Waals surface area contributed by atoms with Crippen molar-refractivity contribution in [3.63, 3.8) is 0 Å². The van der Waals surface area contributed by atoms with Crippen molar-refractivity contribution in [3.05, 3.63) is 24.3 Å². The predicted octanol–water partition coefficient (Wildman–Crippen LogP) is 3.32. The third-order valence-corrected chi connectivity index (χ3v) is 3.53. The van der Waals surface area contributed by atoms with E-state index < -0.39 is 16.1 Å². The molecule has 0 aromatic rings. The molecule has 0 aliphatic heterocycles. The molecule has 2 nitrogen and oxygen atoms in total. The van der Waals surface area contributed by atoms with Crippen LogP contribution in [0.1, 0.15) is 53.4 Å². The molecular weight excluding hydrogens is 228 g/mol. The smallest absolute Gasteiger partial charge is 0.170 e. The average Bonchev–Trinajstić information content (AvgIpc) is 2.24. The molecule has 100 valence electrons. The monoisotopic (exact) mass is 256 g/mol. The highest BCUT2D eigenvalue weighted by molar-refractivity contribution is 6.31. The minimum atomic E-state index is -0.718. The summed E-state index contributed by atoms with van der Waals surface area (Å²) in [5.74, 6) is 0. The standard InChI is InChI=1S/C14H28O2Si/c1-5-6-7-8-9-10-11-12-13(15)16-17-14(2,3)4/h8-9,11-13,15H,5-7,10,17H2,1-4H3. The second-order valence-corrected chi connectivity index (χ2v) is 8.28. The topological polar surface area (TPSA) is 29.5 Å². The Hall–Kier alpha value is -0.383. The summed E-state index contributed by atoms with van der Waals surface area (Å²) < 4.78 is 5.44. The van der Waals surface area contributed by atoms with Crippen LogP contribution in [0, 0.1) is 0 Å². The SMILES string of the molecule is CCCCC=CCC=CC(O)O[SiH2]C(C)(C)C. The first-order valence-electron chi connectivity index (χ1n) is 6.57. The van der Waals surface area contributed by atoms with Gasteiger partial charge in [0, 0.05) is 0 Å². The summed E-state index contributed by atoms with van der Waals surface area (Å²) in [5.41, 5.74) is 0. The summed E-state index contributed by atoms with van der Waals surface area (Å²) in [6, 6.07) is 0. The molecule has 0 spiro atoms. The molecular formula is C14H28O2Si. The van der Waals surface area contributed by atoms with E-state index in [0.717, 1.165) is 12.8 Å². The molecule has 0 saturated heterocycles. The summed E-state index contributed by atoms with van der Waals surface area (Å²) in [6.45, 7) is 8.63. The molecule has 0 amide bonds. The van der Waals surface area contributed by atoms with Gasteiger partial charge in [-0.3, -0.25) is 0 Å². The summed E-state index contributed by atoms with van der Waals surface area (Å²) in [7, 11) is -0.668. The van der Waals surface area contributed by atoms with Crippen LogP contribution in [0.15, 0.2) is 24.3 Å². The van der Waals surface area contributed by atoms with Gasteiger partial charge < -0.3 is 9.53 Å². The van der Waals surface area contributed by atoms with Crippen LogP contribution in [0.5, 0.6) is 0 Å². The number of hydrogen-bond acceptors (Lipinski definition) is 2. The van der Waals surface area contributed by atoms with Crippen LogP contribution >= 0.6 is 0 Å². The van der Waals surface area contributed by atoms with Gasteiger partial charge in [-0.2, -0.15) is 0 Å². The van der Waals surface area contributed by atoms with Gasteiger partial charge >= 0.3 is 0 Å². The van der Waals surface area contributed by atoms with Crippen molar-refractivity contribution in [1.29, 1.82) is 0 Å². The van der Waals surface area contributed by atoms with Crippen molar-refractivity contribution in [2.45, 2.75) is 64.7 Å². The van der Waals surface area contributed by atoms with Crippen molar-refractivity contribution in [2.24, 2.45) is 0 Å². The van der Waals surface area contributed by atoms with Gasteiger partial charge in [-0.25, -0.2) is 0 Å². The molecule has 1 atom stereocenters. The predicted molar refractivity (Wildman–Crippen MR) is 77.8 cm³/mol. The third-order valence-electron chi connectivity index (χ3n) is 2.15. The van der Waals surface area contributed by atoms with Crippen molar-refractivity contribution >= 4 is 9.76 Å². The molecule has 0 fully saturated rings. The Kier molecular flexibility index (Phi) is 9.41. The zero-order chi connectivity index (χ0) is 13.1. The second kappa shape index (κ2) is 9.63. The van der Waals surface area contributed by atoms with Crippen LogP contribution in [0.4, 0.5) is 0 Å². The molecule has 1 N–H and O–H groups in total. The molecule has 0 saturated carbocycles. The largest absolute Gasteiger partial charge is 0.396 e. The molecule has 17 heavy (non-hydrogen) atoms. The van der Waals surface area contributed by atoms with Crippen LogP contribution in [0.3, 0.4) is 0 Å². The van der Waals surface area contributed by atoms with E-state index in [1.165, 1.54) is 12.8 Å². The minimum Gasteiger partial charge on any atom is -0.396 e. The lowest BCUT2D eigenvalue weighted by molar-refractivity contribution is 0.0242. The molecule has 0 bridgehead atoms. The summed E-state index contributed by atoms with van der Waals surface area (Å²) >= 11 is 0. The van der Waals surface area contributed by atoms with E-state index in [4.69, 9.17) is 4.43 Å². The number of aliphatic hydroxyl groups is 1. The van der Waals surface area contributed by atoms with Gasteiger partial charge in [-0.05, 0) is 24.0 Å². The molecule has 0 aliphatic rings. The Labute approximate surface area is 109 Å². The fourth-order valence-electron chi connectivity index (χ4n) is 1.20.